The van der Waals surface area contributed by atoms with Gasteiger partial charge in [-0.25, -0.2) is 4.39 Å². The topological polar surface area (TPSA) is 21.3 Å². The van der Waals surface area contributed by atoms with Gasteiger partial charge >= 0.3 is 0 Å². The molecule has 0 spiro atoms. The molecule has 0 atom stereocenters. The van der Waals surface area contributed by atoms with E-state index in [4.69, 9.17) is 4.74 Å². The second kappa shape index (κ2) is 6.42. The van der Waals surface area contributed by atoms with Gasteiger partial charge in [0.05, 0.1) is 11.8 Å². The van der Waals surface area contributed by atoms with E-state index in [-0.39, 0.29) is 11.9 Å². The zero-order chi connectivity index (χ0) is 14.5. The molecule has 0 aliphatic heterocycles. The highest BCUT2D eigenvalue weighted by atomic mass is 19.1. The molecule has 0 bridgehead atoms. The van der Waals surface area contributed by atoms with E-state index in [1.165, 1.54) is 6.07 Å². The van der Waals surface area contributed by atoms with E-state index >= 15 is 0 Å². The first-order valence-electron chi connectivity index (χ1n) is 6.80. The number of aryl methyl sites for hydroxylation is 1. The summed E-state index contributed by atoms with van der Waals surface area (Å²) in [4.78, 5) is 0. The van der Waals surface area contributed by atoms with Gasteiger partial charge in [-0.15, -0.1) is 0 Å². The lowest BCUT2D eigenvalue weighted by Gasteiger charge is -2.12. The van der Waals surface area contributed by atoms with Crippen LogP contribution in [-0.4, -0.2) is 6.10 Å². The molecule has 0 saturated heterocycles. The van der Waals surface area contributed by atoms with Crippen LogP contribution in [0, 0.1) is 12.7 Å². The van der Waals surface area contributed by atoms with Crippen LogP contribution in [0.3, 0.4) is 0 Å². The highest BCUT2D eigenvalue weighted by Crippen LogP contribution is 2.19. The molecule has 2 rings (SSSR count). The Kier molecular flexibility index (Phi) is 4.61. The van der Waals surface area contributed by atoms with Crippen molar-refractivity contribution in [3.05, 3.63) is 59.4 Å². The highest BCUT2D eigenvalue weighted by Gasteiger charge is 2.03. The maximum Gasteiger partial charge on any atom is 0.146 e. The third-order valence-electron chi connectivity index (χ3n) is 2.88. The van der Waals surface area contributed by atoms with Crippen molar-refractivity contribution in [3.63, 3.8) is 0 Å². The Morgan fingerprint density at radius 2 is 1.95 bits per heavy atom. The first kappa shape index (κ1) is 14.4. The van der Waals surface area contributed by atoms with E-state index in [0.717, 1.165) is 16.9 Å². The van der Waals surface area contributed by atoms with Crippen LogP contribution in [0.2, 0.25) is 0 Å². The quantitative estimate of drug-likeness (QED) is 0.864. The van der Waals surface area contributed by atoms with Crippen molar-refractivity contribution in [1.82, 2.24) is 0 Å². The lowest BCUT2D eigenvalue weighted by atomic mass is 10.2. The predicted molar refractivity (Wildman–Crippen MR) is 80.7 cm³/mol. The molecule has 0 heterocycles. The molecule has 0 fully saturated rings. The maximum atomic E-state index is 13.7. The molecule has 0 radical (unpaired) electrons. The number of benzene rings is 2. The third-order valence-corrected chi connectivity index (χ3v) is 2.88. The lowest BCUT2D eigenvalue weighted by Crippen LogP contribution is -2.06. The SMILES string of the molecule is Cc1ccc(NCc2cccc(OC(C)C)c2)c(F)c1. The van der Waals surface area contributed by atoms with Gasteiger partial charge < -0.3 is 10.1 Å². The lowest BCUT2D eigenvalue weighted by molar-refractivity contribution is 0.242. The van der Waals surface area contributed by atoms with E-state index in [1.54, 1.807) is 6.07 Å². The van der Waals surface area contributed by atoms with Crippen LogP contribution in [0.25, 0.3) is 0 Å². The minimum absolute atomic E-state index is 0.146. The van der Waals surface area contributed by atoms with E-state index in [0.29, 0.717) is 12.2 Å². The van der Waals surface area contributed by atoms with Gasteiger partial charge in [0.25, 0.3) is 0 Å². The minimum atomic E-state index is -0.223. The normalized spacial score (nSPS) is 10.7. The molecular formula is C17H20FNO. The summed E-state index contributed by atoms with van der Waals surface area (Å²) < 4.78 is 19.4. The molecule has 2 aromatic carbocycles. The van der Waals surface area contributed by atoms with Crippen LogP contribution in [0.4, 0.5) is 10.1 Å². The fourth-order valence-corrected chi connectivity index (χ4v) is 1.96. The van der Waals surface area contributed by atoms with Crippen LogP contribution in [-0.2, 0) is 6.54 Å². The molecule has 20 heavy (non-hydrogen) atoms. The number of hydrogen-bond donors (Lipinski definition) is 1. The summed E-state index contributed by atoms with van der Waals surface area (Å²) in [6.45, 7) is 6.42. The van der Waals surface area contributed by atoms with Crippen LogP contribution in [0.15, 0.2) is 42.5 Å². The number of ether oxygens (including phenoxy) is 1. The molecule has 0 aliphatic carbocycles. The minimum Gasteiger partial charge on any atom is -0.491 e. The largest absolute Gasteiger partial charge is 0.491 e. The predicted octanol–water partition coefficient (Wildman–Crippen LogP) is 4.53. The summed E-state index contributed by atoms with van der Waals surface area (Å²) in [6.07, 6.45) is 0.146. The van der Waals surface area contributed by atoms with Gasteiger partial charge in [-0.1, -0.05) is 18.2 Å². The zero-order valence-corrected chi connectivity index (χ0v) is 12.1. The number of halogens is 1. The Morgan fingerprint density at radius 3 is 2.65 bits per heavy atom. The molecule has 2 aromatic rings. The molecule has 1 N–H and O–H groups in total. The van der Waals surface area contributed by atoms with Crippen molar-refractivity contribution in [2.45, 2.75) is 33.4 Å². The summed E-state index contributed by atoms with van der Waals surface area (Å²) in [7, 11) is 0. The van der Waals surface area contributed by atoms with Gasteiger partial charge in [0.1, 0.15) is 11.6 Å². The second-order valence-electron chi connectivity index (χ2n) is 5.15. The summed E-state index contributed by atoms with van der Waals surface area (Å²) >= 11 is 0. The average molecular weight is 273 g/mol. The highest BCUT2D eigenvalue weighted by molar-refractivity contribution is 5.47. The van der Waals surface area contributed by atoms with Crippen LogP contribution >= 0.6 is 0 Å². The van der Waals surface area contributed by atoms with Crippen molar-refractivity contribution in [2.75, 3.05) is 5.32 Å². The van der Waals surface area contributed by atoms with Crippen molar-refractivity contribution in [2.24, 2.45) is 0 Å². The maximum absolute atomic E-state index is 13.7. The van der Waals surface area contributed by atoms with Gasteiger partial charge in [-0.05, 0) is 56.2 Å². The molecule has 0 aliphatic rings. The molecule has 2 nitrogen and oxygen atoms in total. The number of anilines is 1. The summed E-state index contributed by atoms with van der Waals surface area (Å²) in [5.74, 6) is 0.614. The summed E-state index contributed by atoms with van der Waals surface area (Å²) in [6, 6.07) is 13.0. The van der Waals surface area contributed by atoms with Gasteiger partial charge in [0.2, 0.25) is 0 Å². The number of hydrogen-bond acceptors (Lipinski definition) is 2. The van der Waals surface area contributed by atoms with Crippen molar-refractivity contribution >= 4 is 5.69 Å². The van der Waals surface area contributed by atoms with E-state index in [1.807, 2.05) is 51.1 Å². The first-order valence-corrected chi connectivity index (χ1v) is 6.80. The average Bonchev–Trinajstić information content (AvgIpc) is 2.37. The third kappa shape index (κ3) is 3.98. The Labute approximate surface area is 119 Å². The van der Waals surface area contributed by atoms with Crippen LogP contribution < -0.4 is 10.1 Å². The summed E-state index contributed by atoms with van der Waals surface area (Å²) in [5.41, 5.74) is 2.49. The Balaban J connectivity index is 2.03. The Morgan fingerprint density at radius 1 is 1.15 bits per heavy atom. The fourth-order valence-electron chi connectivity index (χ4n) is 1.96. The Bertz CT molecular complexity index is 581. The van der Waals surface area contributed by atoms with Gasteiger partial charge in [-0.2, -0.15) is 0 Å². The fraction of sp³-hybridized carbons (Fsp3) is 0.294. The molecule has 0 amide bonds. The molecular weight excluding hydrogens is 253 g/mol. The monoisotopic (exact) mass is 273 g/mol. The molecule has 3 heteroatoms. The molecule has 0 aromatic heterocycles. The first-order chi connectivity index (χ1) is 9.54. The molecule has 0 unspecified atom stereocenters. The van der Waals surface area contributed by atoms with E-state index in [9.17, 15) is 4.39 Å². The molecule has 0 saturated carbocycles. The number of nitrogens with one attached hydrogen (secondary N) is 1. The van der Waals surface area contributed by atoms with Gasteiger partial charge in [-0.3, -0.25) is 0 Å². The van der Waals surface area contributed by atoms with Crippen molar-refractivity contribution in [3.8, 4) is 5.75 Å². The van der Waals surface area contributed by atoms with Gasteiger partial charge in [0, 0.05) is 6.54 Å². The number of rotatable bonds is 5. The van der Waals surface area contributed by atoms with Crippen molar-refractivity contribution in [1.29, 1.82) is 0 Å². The van der Waals surface area contributed by atoms with Gasteiger partial charge in [0.15, 0.2) is 0 Å². The molecule has 106 valence electrons. The zero-order valence-electron chi connectivity index (χ0n) is 12.1. The second-order valence-corrected chi connectivity index (χ2v) is 5.15. The van der Waals surface area contributed by atoms with E-state index < -0.39 is 0 Å². The summed E-state index contributed by atoms with van der Waals surface area (Å²) in [5, 5.41) is 3.11. The standard InChI is InChI=1S/C17H20FNO/c1-12(2)20-15-6-4-5-14(10-15)11-19-17-8-7-13(3)9-16(17)18/h4-10,12,19H,11H2,1-3H3. The van der Waals surface area contributed by atoms with E-state index in [2.05, 4.69) is 5.32 Å². The Hall–Kier alpha value is -2.03. The van der Waals surface area contributed by atoms with Crippen LogP contribution in [0.5, 0.6) is 5.75 Å². The van der Waals surface area contributed by atoms with Crippen molar-refractivity contribution < 1.29 is 9.13 Å². The van der Waals surface area contributed by atoms with Crippen LogP contribution in [0.1, 0.15) is 25.0 Å². The smallest absolute Gasteiger partial charge is 0.146 e.